The van der Waals surface area contributed by atoms with Crippen LogP contribution in [0.15, 0.2) is 35.7 Å². The standard InChI is InChI=1S/C22H24N2O2S/c1-5-11-24-14(3)19(16-8-7-9-18(26-4)20(16)24)21(25)17-13-15-10-12-27-22(15)23(17)6-2/h7-10,12-13H,5-6,11H2,1-4H3. The van der Waals surface area contributed by atoms with Crippen LogP contribution in [0.5, 0.6) is 5.75 Å². The summed E-state index contributed by atoms with van der Waals surface area (Å²) in [5.74, 6) is 0.904. The van der Waals surface area contributed by atoms with Crippen molar-refractivity contribution in [3.63, 3.8) is 0 Å². The molecule has 0 amide bonds. The number of aromatic nitrogens is 2. The van der Waals surface area contributed by atoms with Crippen molar-refractivity contribution in [2.45, 2.75) is 40.3 Å². The van der Waals surface area contributed by atoms with E-state index in [1.165, 1.54) is 0 Å². The second-order valence-corrected chi connectivity index (χ2v) is 7.65. The van der Waals surface area contributed by atoms with Crippen LogP contribution in [0.25, 0.3) is 21.1 Å². The Morgan fingerprint density at radius 3 is 2.70 bits per heavy atom. The number of hydrogen-bond acceptors (Lipinski definition) is 3. The zero-order chi connectivity index (χ0) is 19.1. The first-order chi connectivity index (χ1) is 13.1. The van der Waals surface area contributed by atoms with E-state index >= 15 is 0 Å². The van der Waals surface area contributed by atoms with Crippen molar-refractivity contribution in [2.24, 2.45) is 0 Å². The lowest BCUT2D eigenvalue weighted by molar-refractivity contribution is 0.103. The number of nitrogens with zero attached hydrogens (tertiary/aromatic N) is 2. The third kappa shape index (κ3) is 2.60. The predicted octanol–water partition coefficient (Wildman–Crippen LogP) is 5.64. The lowest BCUT2D eigenvalue weighted by Gasteiger charge is -2.09. The zero-order valence-corrected chi connectivity index (χ0v) is 17.0. The zero-order valence-electron chi connectivity index (χ0n) is 16.2. The maximum Gasteiger partial charge on any atom is 0.211 e. The highest BCUT2D eigenvalue weighted by Gasteiger charge is 2.25. The minimum Gasteiger partial charge on any atom is -0.495 e. The van der Waals surface area contributed by atoms with Gasteiger partial charge in [-0.1, -0.05) is 19.1 Å². The maximum absolute atomic E-state index is 13.7. The Balaban J connectivity index is 1.99. The Morgan fingerprint density at radius 2 is 2.00 bits per heavy atom. The molecule has 0 bridgehead atoms. The van der Waals surface area contributed by atoms with Crippen LogP contribution in [0.4, 0.5) is 0 Å². The molecule has 0 saturated carbocycles. The maximum atomic E-state index is 13.7. The number of fused-ring (bicyclic) bond motifs is 2. The fraction of sp³-hybridized carbons (Fsp3) is 0.318. The Kier molecular flexibility index (Phi) is 4.56. The average molecular weight is 381 g/mol. The van der Waals surface area contributed by atoms with Gasteiger partial charge in [-0.2, -0.15) is 0 Å². The molecule has 3 heterocycles. The fourth-order valence-corrected chi connectivity index (χ4v) is 5.02. The molecule has 0 aliphatic carbocycles. The van der Waals surface area contributed by atoms with Crippen molar-refractivity contribution < 1.29 is 9.53 Å². The van der Waals surface area contributed by atoms with Gasteiger partial charge >= 0.3 is 0 Å². The quantitative estimate of drug-likeness (QED) is 0.406. The topological polar surface area (TPSA) is 36.2 Å². The van der Waals surface area contributed by atoms with Crippen molar-refractivity contribution in [1.82, 2.24) is 9.13 Å². The molecule has 0 N–H and O–H groups in total. The van der Waals surface area contributed by atoms with Gasteiger partial charge in [0.15, 0.2) is 0 Å². The van der Waals surface area contributed by atoms with Gasteiger partial charge in [-0.15, -0.1) is 11.3 Å². The van der Waals surface area contributed by atoms with Crippen molar-refractivity contribution >= 4 is 38.2 Å². The second kappa shape index (κ2) is 6.89. The monoisotopic (exact) mass is 380 g/mol. The van der Waals surface area contributed by atoms with E-state index in [4.69, 9.17) is 4.74 Å². The van der Waals surface area contributed by atoms with E-state index in [2.05, 4.69) is 34.4 Å². The molecular weight excluding hydrogens is 356 g/mol. The Hall–Kier alpha value is -2.53. The number of benzene rings is 1. The van der Waals surface area contributed by atoms with Crippen molar-refractivity contribution in [2.75, 3.05) is 7.11 Å². The molecule has 140 valence electrons. The highest BCUT2D eigenvalue weighted by atomic mass is 32.1. The van der Waals surface area contributed by atoms with Gasteiger partial charge in [0.05, 0.1) is 23.9 Å². The summed E-state index contributed by atoms with van der Waals surface area (Å²) in [5, 5.41) is 4.18. The number of ether oxygens (including phenoxy) is 1. The van der Waals surface area contributed by atoms with Crippen LogP contribution in [0.2, 0.25) is 0 Å². The number of ketones is 1. The van der Waals surface area contributed by atoms with Crippen LogP contribution in [0, 0.1) is 6.92 Å². The minimum absolute atomic E-state index is 0.0888. The van der Waals surface area contributed by atoms with E-state index in [9.17, 15) is 4.79 Å². The SMILES string of the molecule is CCCn1c(C)c(C(=O)c2cc3ccsc3n2CC)c2cccc(OC)c21. The molecule has 0 fully saturated rings. The average Bonchev–Trinajstić information content (AvgIpc) is 3.33. The molecular formula is C22H24N2O2S. The number of thiophene rings is 1. The smallest absolute Gasteiger partial charge is 0.211 e. The van der Waals surface area contributed by atoms with E-state index < -0.39 is 0 Å². The van der Waals surface area contributed by atoms with Crippen molar-refractivity contribution in [3.8, 4) is 5.75 Å². The normalized spacial score (nSPS) is 11.6. The van der Waals surface area contributed by atoms with Crippen LogP contribution >= 0.6 is 11.3 Å². The molecule has 0 aliphatic heterocycles. The van der Waals surface area contributed by atoms with Gasteiger partial charge in [0, 0.05) is 29.6 Å². The number of carbonyl (C=O) groups is 1. The van der Waals surface area contributed by atoms with Gasteiger partial charge < -0.3 is 13.9 Å². The summed E-state index contributed by atoms with van der Waals surface area (Å²) < 4.78 is 9.97. The van der Waals surface area contributed by atoms with Crippen molar-refractivity contribution in [1.29, 1.82) is 0 Å². The van der Waals surface area contributed by atoms with Crippen LogP contribution in [-0.2, 0) is 13.1 Å². The molecule has 0 atom stereocenters. The number of carbonyl (C=O) groups excluding carboxylic acids is 1. The molecule has 0 aliphatic rings. The summed E-state index contributed by atoms with van der Waals surface area (Å²) in [4.78, 5) is 14.8. The van der Waals surface area contributed by atoms with Gasteiger partial charge in [-0.25, -0.2) is 0 Å². The number of rotatable bonds is 6. The molecule has 4 nitrogen and oxygen atoms in total. The van der Waals surface area contributed by atoms with Gasteiger partial charge in [-0.05, 0) is 43.8 Å². The van der Waals surface area contributed by atoms with E-state index in [-0.39, 0.29) is 5.78 Å². The lowest BCUT2D eigenvalue weighted by atomic mass is 10.0. The number of aryl methyl sites for hydroxylation is 2. The third-order valence-electron chi connectivity index (χ3n) is 5.25. The molecule has 4 rings (SSSR count). The molecule has 1 aromatic carbocycles. The summed E-state index contributed by atoms with van der Waals surface area (Å²) in [5.41, 5.74) is 3.57. The largest absolute Gasteiger partial charge is 0.495 e. The predicted molar refractivity (Wildman–Crippen MR) is 112 cm³/mol. The van der Waals surface area contributed by atoms with E-state index in [1.807, 2.05) is 31.2 Å². The van der Waals surface area contributed by atoms with Crippen LogP contribution in [0.3, 0.4) is 0 Å². The van der Waals surface area contributed by atoms with Gasteiger partial charge in [-0.3, -0.25) is 4.79 Å². The summed E-state index contributed by atoms with van der Waals surface area (Å²) in [6.07, 6.45) is 0.997. The summed E-state index contributed by atoms with van der Waals surface area (Å²) in [6.45, 7) is 7.93. The first-order valence-corrected chi connectivity index (χ1v) is 10.3. The summed E-state index contributed by atoms with van der Waals surface area (Å²) in [7, 11) is 1.69. The van der Waals surface area contributed by atoms with E-state index in [0.29, 0.717) is 0 Å². The number of para-hydroxylation sites is 1. The molecule has 0 saturated heterocycles. The molecule has 0 spiro atoms. The van der Waals surface area contributed by atoms with Crippen molar-refractivity contribution in [3.05, 3.63) is 52.7 Å². The number of hydrogen-bond donors (Lipinski definition) is 0. The van der Waals surface area contributed by atoms with Gasteiger partial charge in [0.2, 0.25) is 5.78 Å². The fourth-order valence-electron chi connectivity index (χ4n) is 4.06. The van der Waals surface area contributed by atoms with Crippen LogP contribution in [-0.4, -0.2) is 22.0 Å². The second-order valence-electron chi connectivity index (χ2n) is 6.75. The first kappa shape index (κ1) is 17.9. The molecule has 5 heteroatoms. The Morgan fingerprint density at radius 1 is 1.19 bits per heavy atom. The highest BCUT2D eigenvalue weighted by Crippen LogP contribution is 2.35. The summed E-state index contributed by atoms with van der Waals surface area (Å²) >= 11 is 1.68. The Bertz CT molecular complexity index is 1150. The molecule has 27 heavy (non-hydrogen) atoms. The molecule has 0 radical (unpaired) electrons. The Labute approximate surface area is 163 Å². The van der Waals surface area contributed by atoms with E-state index in [0.717, 1.165) is 63.3 Å². The number of methoxy groups -OCH3 is 1. The lowest BCUT2D eigenvalue weighted by Crippen LogP contribution is -2.11. The summed E-state index contributed by atoms with van der Waals surface area (Å²) in [6, 6.07) is 10.1. The van der Waals surface area contributed by atoms with E-state index in [1.54, 1.807) is 18.4 Å². The highest BCUT2D eigenvalue weighted by molar-refractivity contribution is 7.16. The van der Waals surface area contributed by atoms with Crippen LogP contribution < -0.4 is 4.74 Å². The van der Waals surface area contributed by atoms with Gasteiger partial charge in [0.1, 0.15) is 10.6 Å². The molecule has 3 aromatic heterocycles. The van der Waals surface area contributed by atoms with Crippen LogP contribution in [0.1, 0.15) is 42.0 Å². The minimum atomic E-state index is 0.0888. The molecule has 4 aromatic rings. The first-order valence-electron chi connectivity index (χ1n) is 9.39. The van der Waals surface area contributed by atoms with Gasteiger partial charge in [0.25, 0.3) is 0 Å². The third-order valence-corrected chi connectivity index (χ3v) is 6.20. The molecule has 0 unspecified atom stereocenters.